The van der Waals surface area contributed by atoms with E-state index in [2.05, 4.69) is 15.3 Å². The summed E-state index contributed by atoms with van der Waals surface area (Å²) in [5, 5.41) is 17.3. The van der Waals surface area contributed by atoms with Crippen LogP contribution in [0.2, 0.25) is 20.1 Å². The van der Waals surface area contributed by atoms with Gasteiger partial charge in [0, 0.05) is 37.9 Å². The van der Waals surface area contributed by atoms with Crippen LogP contribution < -0.4 is 5.32 Å². The third-order valence-corrected chi connectivity index (χ3v) is 8.43. The zero-order valence-electron chi connectivity index (χ0n) is 22.1. The van der Waals surface area contributed by atoms with Crippen molar-refractivity contribution in [2.45, 2.75) is 44.2 Å². The molecule has 0 aliphatic carbocycles. The van der Waals surface area contributed by atoms with Crippen molar-refractivity contribution in [3.63, 3.8) is 0 Å². The van der Waals surface area contributed by atoms with Gasteiger partial charge in [0.25, 0.3) is 0 Å². The van der Waals surface area contributed by atoms with Crippen LogP contribution in [0.5, 0.6) is 0 Å². The van der Waals surface area contributed by atoms with Crippen LogP contribution in [0.4, 0.5) is 5.82 Å². The van der Waals surface area contributed by atoms with Crippen molar-refractivity contribution in [2.24, 2.45) is 0 Å². The van der Waals surface area contributed by atoms with Gasteiger partial charge in [0.2, 0.25) is 5.91 Å². The number of aromatic nitrogens is 3. The van der Waals surface area contributed by atoms with Gasteiger partial charge in [-0.1, -0.05) is 58.5 Å². The number of halogens is 4. The largest absolute Gasteiger partial charge is 0.383 e. The maximum atomic E-state index is 12.1. The average Bonchev–Trinajstić information content (AvgIpc) is 3.36. The Morgan fingerprint density at radius 3 is 2.40 bits per heavy atom. The summed E-state index contributed by atoms with van der Waals surface area (Å²) >= 11 is 24.8. The van der Waals surface area contributed by atoms with Gasteiger partial charge in [-0.05, 0) is 48.4 Å². The summed E-state index contributed by atoms with van der Waals surface area (Å²) < 4.78 is 20.5. The number of hydrogen-bond acceptors (Lipinski definition) is 7. The summed E-state index contributed by atoms with van der Waals surface area (Å²) in [5.74, 6) is 0.0699. The highest BCUT2D eigenvalue weighted by atomic mass is 35.5. The molecule has 0 radical (unpaired) electrons. The van der Waals surface area contributed by atoms with Crippen molar-refractivity contribution in [3.8, 4) is 0 Å². The number of carbonyl (C=O) groups excluding carboxylic acids is 1. The molecule has 1 amide bonds. The SMILES string of the molecule is C[C@@]1(O)[C@H](OCc2ccc(Cl)cc2Cl)[C@@H](COCc2ccc(Cl)cc2Cl)O[C@H]1n1cc2c3c(ncnc31)NC(=O)C=C2. The molecule has 9 nitrogen and oxygen atoms in total. The smallest absolute Gasteiger partial charge is 0.249 e. The van der Waals surface area contributed by atoms with Crippen molar-refractivity contribution in [1.82, 2.24) is 14.5 Å². The Labute approximate surface area is 260 Å². The van der Waals surface area contributed by atoms with Gasteiger partial charge in [-0.15, -0.1) is 0 Å². The molecule has 4 atom stereocenters. The van der Waals surface area contributed by atoms with Gasteiger partial charge in [-0.2, -0.15) is 0 Å². The van der Waals surface area contributed by atoms with E-state index in [1.54, 1.807) is 60.2 Å². The molecule has 0 unspecified atom stereocenters. The third-order valence-electron chi connectivity index (χ3n) is 7.25. The van der Waals surface area contributed by atoms with Gasteiger partial charge in [-0.3, -0.25) is 4.79 Å². The van der Waals surface area contributed by atoms with Crippen LogP contribution >= 0.6 is 46.4 Å². The molecule has 13 heteroatoms. The van der Waals surface area contributed by atoms with E-state index in [1.165, 1.54) is 12.4 Å². The molecule has 2 aliphatic heterocycles. The highest BCUT2D eigenvalue weighted by molar-refractivity contribution is 6.35. The molecule has 0 saturated carbocycles. The molecule has 0 bridgehead atoms. The molecular formula is C29H24Cl4N4O5. The number of anilines is 1. The zero-order valence-corrected chi connectivity index (χ0v) is 25.1. The molecule has 42 heavy (non-hydrogen) atoms. The van der Waals surface area contributed by atoms with Crippen molar-refractivity contribution in [2.75, 3.05) is 11.9 Å². The molecule has 2 N–H and O–H groups in total. The highest BCUT2D eigenvalue weighted by Gasteiger charge is 2.55. The monoisotopic (exact) mass is 648 g/mol. The summed E-state index contributed by atoms with van der Waals surface area (Å²) in [6.07, 6.45) is 3.72. The summed E-state index contributed by atoms with van der Waals surface area (Å²) in [6.45, 7) is 1.99. The fraction of sp³-hybridized carbons (Fsp3) is 0.276. The lowest BCUT2D eigenvalue weighted by molar-refractivity contribution is -0.114. The normalized spacial score (nSPS) is 23.4. The average molecular weight is 650 g/mol. The van der Waals surface area contributed by atoms with Crippen LogP contribution in [0.25, 0.3) is 17.1 Å². The first-order valence-electron chi connectivity index (χ1n) is 12.9. The van der Waals surface area contributed by atoms with Gasteiger partial charge in [-0.25, -0.2) is 9.97 Å². The number of nitrogens with zero attached hydrogens (tertiary/aromatic N) is 3. The van der Waals surface area contributed by atoms with Crippen molar-refractivity contribution < 1.29 is 24.1 Å². The highest BCUT2D eigenvalue weighted by Crippen LogP contribution is 2.44. The minimum atomic E-state index is -1.56. The predicted octanol–water partition coefficient (Wildman–Crippen LogP) is 6.46. The molecule has 218 valence electrons. The van der Waals surface area contributed by atoms with Gasteiger partial charge in [0.15, 0.2) is 6.23 Å². The maximum Gasteiger partial charge on any atom is 0.249 e. The van der Waals surface area contributed by atoms with Crippen molar-refractivity contribution in [1.29, 1.82) is 0 Å². The van der Waals surface area contributed by atoms with Crippen LogP contribution in [-0.4, -0.2) is 50.0 Å². The van der Waals surface area contributed by atoms with E-state index >= 15 is 0 Å². The lowest BCUT2D eigenvalue weighted by atomic mass is 9.96. The lowest BCUT2D eigenvalue weighted by Crippen LogP contribution is -2.46. The molecule has 6 rings (SSSR count). The van der Waals surface area contributed by atoms with E-state index in [1.807, 2.05) is 0 Å². The summed E-state index contributed by atoms with van der Waals surface area (Å²) in [6, 6.07) is 10.3. The van der Waals surface area contributed by atoms with Gasteiger partial charge in [0.1, 0.15) is 35.6 Å². The van der Waals surface area contributed by atoms with Gasteiger partial charge in [0.05, 0.1) is 25.2 Å². The summed E-state index contributed by atoms with van der Waals surface area (Å²) in [4.78, 5) is 20.8. The first-order valence-corrected chi connectivity index (χ1v) is 14.4. The van der Waals surface area contributed by atoms with Crippen LogP contribution in [-0.2, 0) is 32.2 Å². The van der Waals surface area contributed by atoms with E-state index in [-0.39, 0.29) is 25.7 Å². The van der Waals surface area contributed by atoms with Crippen LogP contribution in [0.15, 0.2) is 55.0 Å². The topological polar surface area (TPSA) is 108 Å². The number of amides is 1. The Kier molecular flexibility index (Phi) is 8.21. The number of rotatable bonds is 8. The number of benzene rings is 2. The van der Waals surface area contributed by atoms with Crippen LogP contribution in [0, 0.1) is 0 Å². The Morgan fingerprint density at radius 2 is 1.71 bits per heavy atom. The Bertz CT molecular complexity index is 1710. The zero-order chi connectivity index (χ0) is 29.6. The molecule has 2 aliphatic rings. The minimum absolute atomic E-state index is 0.0763. The minimum Gasteiger partial charge on any atom is -0.383 e. The van der Waals surface area contributed by atoms with Crippen LogP contribution in [0.3, 0.4) is 0 Å². The van der Waals surface area contributed by atoms with E-state index in [0.29, 0.717) is 48.1 Å². The van der Waals surface area contributed by atoms with E-state index in [4.69, 9.17) is 60.6 Å². The first kappa shape index (κ1) is 29.3. The van der Waals surface area contributed by atoms with E-state index in [9.17, 15) is 9.90 Å². The molecule has 4 heterocycles. The third kappa shape index (κ3) is 5.64. The number of hydrogen-bond donors (Lipinski definition) is 2. The standard InChI is InChI=1S/C29H24Cl4N4O5/c1-29(39)25(41-12-17-3-6-19(31)9-21(17)33)22(13-40-11-16-2-5-18(30)8-20(16)32)42-28(29)37-10-15-4-7-23(38)36-26-24(15)27(37)35-14-34-26/h2-10,14,22,25,28,39H,11-13H2,1H3,(H,34,35,36,38)/t22-,25-,28-,29-/m1/s1. The number of aliphatic hydroxyl groups is 1. The Morgan fingerprint density at radius 1 is 1.02 bits per heavy atom. The number of nitrogens with one attached hydrogen (secondary N) is 1. The van der Waals surface area contributed by atoms with Gasteiger partial charge >= 0.3 is 0 Å². The second-order valence-electron chi connectivity index (χ2n) is 10.2. The first-order chi connectivity index (χ1) is 20.1. The van der Waals surface area contributed by atoms with Gasteiger partial charge < -0.3 is 29.2 Å². The Hall–Kier alpha value is -2.73. The van der Waals surface area contributed by atoms with E-state index < -0.39 is 24.0 Å². The number of ether oxygens (including phenoxy) is 3. The maximum absolute atomic E-state index is 12.1. The molecule has 2 aromatic heterocycles. The van der Waals surface area contributed by atoms with Crippen LogP contribution in [0.1, 0.15) is 29.8 Å². The molecule has 1 saturated heterocycles. The summed E-state index contributed by atoms with van der Waals surface area (Å²) in [5.41, 5.74) is 1.06. The molecule has 0 spiro atoms. The molecular weight excluding hydrogens is 626 g/mol. The number of carbonyl (C=O) groups is 1. The fourth-order valence-corrected chi connectivity index (χ4v) is 6.15. The second kappa shape index (κ2) is 11.7. The molecule has 4 aromatic rings. The van der Waals surface area contributed by atoms with Crippen molar-refractivity contribution in [3.05, 3.63) is 91.8 Å². The Balaban J connectivity index is 1.31. The second-order valence-corrected chi connectivity index (χ2v) is 11.9. The quantitative estimate of drug-likeness (QED) is 0.226. The fourth-order valence-electron chi connectivity index (χ4n) is 5.22. The molecule has 1 fully saturated rings. The van der Waals surface area contributed by atoms with E-state index in [0.717, 1.165) is 5.56 Å². The lowest BCUT2D eigenvalue weighted by Gasteiger charge is -2.31. The predicted molar refractivity (Wildman–Crippen MR) is 161 cm³/mol. The van der Waals surface area contributed by atoms with Crippen molar-refractivity contribution >= 4 is 75.2 Å². The molecule has 2 aromatic carbocycles. The summed E-state index contributed by atoms with van der Waals surface area (Å²) in [7, 11) is 0.